The average molecular weight is 354 g/mol. The number of nitro groups is 1. The van der Waals surface area contributed by atoms with Crippen molar-refractivity contribution < 1.29 is 27.6 Å². The molecule has 0 saturated heterocycles. The van der Waals surface area contributed by atoms with Gasteiger partial charge in [0.25, 0.3) is 11.6 Å². The highest BCUT2D eigenvalue weighted by Crippen LogP contribution is 2.23. The highest BCUT2D eigenvalue weighted by molar-refractivity contribution is 5.95. The van der Waals surface area contributed by atoms with Gasteiger partial charge >= 0.3 is 6.61 Å². The number of alkyl halides is 2. The van der Waals surface area contributed by atoms with Crippen LogP contribution in [-0.2, 0) is 6.54 Å². The van der Waals surface area contributed by atoms with E-state index in [9.17, 15) is 28.1 Å². The van der Waals surface area contributed by atoms with Gasteiger partial charge in [0.15, 0.2) is 0 Å². The first-order valence-corrected chi connectivity index (χ1v) is 7.05. The Balaban J connectivity index is 2.18. The van der Waals surface area contributed by atoms with Crippen LogP contribution >= 0.6 is 0 Å². The lowest BCUT2D eigenvalue weighted by Crippen LogP contribution is -2.23. The molecule has 0 heterocycles. The van der Waals surface area contributed by atoms with Gasteiger partial charge in [-0.3, -0.25) is 14.9 Å². The maximum absolute atomic E-state index is 13.7. The molecule has 0 aliphatic carbocycles. The van der Waals surface area contributed by atoms with E-state index in [1.54, 1.807) is 6.07 Å². The van der Waals surface area contributed by atoms with Crippen LogP contribution < -0.4 is 10.1 Å². The van der Waals surface area contributed by atoms with E-state index in [-0.39, 0.29) is 29.0 Å². The van der Waals surface area contributed by atoms with Gasteiger partial charge in [-0.1, -0.05) is 18.2 Å². The molecular weight excluding hydrogens is 341 g/mol. The zero-order valence-electron chi connectivity index (χ0n) is 13.0. The lowest BCUT2D eigenvalue weighted by Gasteiger charge is -2.11. The van der Waals surface area contributed by atoms with Crippen molar-refractivity contribution in [2.75, 3.05) is 0 Å². The maximum atomic E-state index is 13.7. The molecule has 2 aromatic rings. The van der Waals surface area contributed by atoms with Gasteiger partial charge in [0.1, 0.15) is 11.6 Å². The molecule has 6 nitrogen and oxygen atoms in total. The van der Waals surface area contributed by atoms with Gasteiger partial charge in [-0.2, -0.15) is 8.78 Å². The van der Waals surface area contributed by atoms with Gasteiger partial charge < -0.3 is 10.1 Å². The Bertz CT molecular complexity index is 812. The van der Waals surface area contributed by atoms with Crippen molar-refractivity contribution in [2.45, 2.75) is 20.1 Å². The fourth-order valence-electron chi connectivity index (χ4n) is 2.12. The number of nitrogens with one attached hydrogen (secondary N) is 1. The largest absolute Gasteiger partial charge is 0.434 e. The number of carbonyl (C=O) groups is 1. The van der Waals surface area contributed by atoms with Crippen LogP contribution in [0, 0.1) is 22.9 Å². The molecule has 0 unspecified atom stereocenters. The Labute approximate surface area is 140 Å². The minimum absolute atomic E-state index is 0.112. The number of nitrogens with zero attached hydrogens (tertiary/aromatic N) is 1. The molecule has 0 aromatic heterocycles. The normalized spacial score (nSPS) is 10.6. The van der Waals surface area contributed by atoms with Crippen LogP contribution in [0.2, 0.25) is 0 Å². The number of hydrogen-bond acceptors (Lipinski definition) is 4. The van der Waals surface area contributed by atoms with E-state index in [1.165, 1.54) is 25.1 Å². The molecule has 0 fully saturated rings. The van der Waals surface area contributed by atoms with Crippen LogP contribution in [0.4, 0.5) is 18.9 Å². The standard InChI is InChI=1S/C16H13F3N2O4/c1-9-12(17)6-11(7-13(9)21(23)24)15(22)20-8-10-4-2-3-5-14(10)25-16(18)19/h2-7,16H,8H2,1H3,(H,20,22). The Morgan fingerprint density at radius 2 is 2.00 bits per heavy atom. The summed E-state index contributed by atoms with van der Waals surface area (Å²) in [5.74, 6) is -1.78. The molecule has 1 amide bonds. The molecule has 0 atom stereocenters. The molecule has 9 heteroatoms. The summed E-state index contributed by atoms with van der Waals surface area (Å²) in [6, 6.07) is 7.66. The molecule has 2 rings (SSSR count). The zero-order valence-corrected chi connectivity index (χ0v) is 13.0. The summed E-state index contributed by atoms with van der Waals surface area (Å²) in [5, 5.41) is 13.3. The minimum Gasteiger partial charge on any atom is -0.434 e. The quantitative estimate of drug-likeness (QED) is 0.635. The van der Waals surface area contributed by atoms with E-state index in [2.05, 4.69) is 10.1 Å². The average Bonchev–Trinajstić information content (AvgIpc) is 2.55. The summed E-state index contributed by atoms with van der Waals surface area (Å²) >= 11 is 0. The SMILES string of the molecule is Cc1c(F)cc(C(=O)NCc2ccccc2OC(F)F)cc1[N+](=O)[O-]. The van der Waals surface area contributed by atoms with Gasteiger partial charge in [-0.25, -0.2) is 4.39 Å². The van der Waals surface area contributed by atoms with Crippen molar-refractivity contribution in [3.8, 4) is 5.75 Å². The number of hydrogen-bond donors (Lipinski definition) is 1. The first-order chi connectivity index (χ1) is 11.8. The summed E-state index contributed by atoms with van der Waals surface area (Å²) in [5.41, 5.74) is -0.677. The number of amides is 1. The Hall–Kier alpha value is -3.10. The monoisotopic (exact) mass is 354 g/mol. The predicted molar refractivity (Wildman–Crippen MR) is 82.0 cm³/mol. The fraction of sp³-hybridized carbons (Fsp3) is 0.188. The first-order valence-electron chi connectivity index (χ1n) is 7.05. The minimum atomic E-state index is -3.02. The molecule has 25 heavy (non-hydrogen) atoms. The van der Waals surface area contributed by atoms with Crippen molar-refractivity contribution in [3.05, 3.63) is 69.0 Å². The number of halogens is 3. The lowest BCUT2D eigenvalue weighted by molar-refractivity contribution is -0.385. The van der Waals surface area contributed by atoms with Crippen molar-refractivity contribution in [1.29, 1.82) is 0 Å². The molecule has 0 radical (unpaired) electrons. The zero-order chi connectivity index (χ0) is 18.6. The second-order valence-electron chi connectivity index (χ2n) is 5.03. The van der Waals surface area contributed by atoms with Crippen LogP contribution in [0.15, 0.2) is 36.4 Å². The van der Waals surface area contributed by atoms with Gasteiger partial charge in [0.2, 0.25) is 0 Å². The Morgan fingerprint density at radius 1 is 1.32 bits per heavy atom. The third-order valence-electron chi connectivity index (χ3n) is 3.40. The summed E-state index contributed by atoms with van der Waals surface area (Å²) in [6.45, 7) is -1.97. The molecule has 0 aliphatic rings. The molecule has 0 aliphatic heterocycles. The molecule has 0 bridgehead atoms. The van der Waals surface area contributed by atoms with Gasteiger partial charge in [-0.05, 0) is 19.1 Å². The van der Waals surface area contributed by atoms with E-state index in [0.717, 1.165) is 12.1 Å². The highest BCUT2D eigenvalue weighted by Gasteiger charge is 2.19. The number of ether oxygens (including phenoxy) is 1. The number of carbonyl (C=O) groups excluding carboxylic acids is 1. The topological polar surface area (TPSA) is 81.5 Å². The number of rotatable bonds is 6. The predicted octanol–water partition coefficient (Wildman–Crippen LogP) is 3.57. The number of nitro benzene ring substituents is 1. The van der Waals surface area contributed by atoms with Crippen molar-refractivity contribution >= 4 is 11.6 Å². The van der Waals surface area contributed by atoms with E-state index >= 15 is 0 Å². The smallest absolute Gasteiger partial charge is 0.387 e. The van der Waals surface area contributed by atoms with Crippen molar-refractivity contribution in [2.24, 2.45) is 0 Å². The third kappa shape index (κ3) is 4.46. The third-order valence-corrected chi connectivity index (χ3v) is 3.40. The lowest BCUT2D eigenvalue weighted by atomic mass is 10.1. The van der Waals surface area contributed by atoms with Gasteiger partial charge in [-0.15, -0.1) is 0 Å². The molecule has 1 N–H and O–H groups in total. The van der Waals surface area contributed by atoms with E-state index < -0.39 is 28.9 Å². The summed E-state index contributed by atoms with van der Waals surface area (Å²) in [7, 11) is 0. The summed E-state index contributed by atoms with van der Waals surface area (Å²) in [6.07, 6.45) is 0. The fourth-order valence-corrected chi connectivity index (χ4v) is 2.12. The van der Waals surface area contributed by atoms with E-state index in [4.69, 9.17) is 0 Å². The summed E-state index contributed by atoms with van der Waals surface area (Å²) < 4.78 is 42.8. The number of para-hydroxylation sites is 1. The Morgan fingerprint density at radius 3 is 2.64 bits per heavy atom. The van der Waals surface area contributed by atoms with Crippen LogP contribution in [0.1, 0.15) is 21.5 Å². The highest BCUT2D eigenvalue weighted by atomic mass is 19.3. The molecule has 2 aromatic carbocycles. The van der Waals surface area contributed by atoms with Crippen molar-refractivity contribution in [3.63, 3.8) is 0 Å². The van der Waals surface area contributed by atoms with Gasteiger partial charge in [0, 0.05) is 23.7 Å². The second-order valence-corrected chi connectivity index (χ2v) is 5.03. The van der Waals surface area contributed by atoms with E-state index in [0.29, 0.717) is 0 Å². The maximum Gasteiger partial charge on any atom is 0.387 e. The van der Waals surface area contributed by atoms with Crippen molar-refractivity contribution in [1.82, 2.24) is 5.32 Å². The van der Waals surface area contributed by atoms with Crippen LogP contribution in [0.25, 0.3) is 0 Å². The molecule has 0 spiro atoms. The molecule has 0 saturated carbocycles. The van der Waals surface area contributed by atoms with Crippen LogP contribution in [0.3, 0.4) is 0 Å². The van der Waals surface area contributed by atoms with Gasteiger partial charge in [0.05, 0.1) is 10.5 Å². The second kappa shape index (κ2) is 7.65. The van der Waals surface area contributed by atoms with Crippen LogP contribution in [0.5, 0.6) is 5.75 Å². The first kappa shape index (κ1) is 18.2. The summed E-state index contributed by atoms with van der Waals surface area (Å²) in [4.78, 5) is 22.2. The molecule has 132 valence electrons. The van der Waals surface area contributed by atoms with E-state index in [1.807, 2.05) is 0 Å². The van der Waals surface area contributed by atoms with Crippen LogP contribution in [-0.4, -0.2) is 17.4 Å². The molecular formula is C16H13F3N2O4. The number of benzene rings is 2. The Kier molecular flexibility index (Phi) is 5.58.